The lowest BCUT2D eigenvalue weighted by molar-refractivity contribution is -0.664. The highest BCUT2D eigenvalue weighted by molar-refractivity contribution is 8.00. The molecule has 3 N–H and O–H groups in total. The smallest absolute Gasteiger partial charge is 0.349 e. The Morgan fingerprint density at radius 1 is 1.28 bits per heavy atom. The number of nitrogen functional groups attached to an aromatic ring is 1. The standard InChI is InChI=1S/C25H21FN10O5S2/c26-11-41-32-16(19-31-25(27)43-33-19)21(37)30-17-22(38)36-18(24(39)40)13(10-42-23(17)36)8-34-7-3-5-15-20(34)29-12-35(15)9-14-4-1-2-6-28-14/h1-7,12,17,23H,8-11H2,(H3-,27,30,31,33,37,39,40)/b32-16+. The lowest BCUT2D eigenvalue weighted by Gasteiger charge is -2.50. The molecule has 2 aliphatic rings. The molecule has 4 aromatic rings. The van der Waals surface area contributed by atoms with Crippen LogP contribution in [0.3, 0.4) is 0 Å². The zero-order chi connectivity index (χ0) is 30.1. The maximum absolute atomic E-state index is 13.2. The molecule has 220 valence electrons. The highest BCUT2D eigenvalue weighted by Crippen LogP contribution is 2.40. The second-order valence-corrected chi connectivity index (χ2v) is 11.2. The van der Waals surface area contributed by atoms with Crippen LogP contribution in [0.1, 0.15) is 11.5 Å². The van der Waals surface area contributed by atoms with Crippen molar-refractivity contribution in [2.45, 2.75) is 24.5 Å². The summed E-state index contributed by atoms with van der Waals surface area (Å²) in [6.45, 7) is -0.681. The number of hydrogen-bond donors (Lipinski definition) is 2. The lowest BCUT2D eigenvalue weighted by atomic mass is 10.0. The molecule has 0 aliphatic carbocycles. The van der Waals surface area contributed by atoms with Crippen molar-refractivity contribution in [1.82, 2.24) is 34.1 Å². The van der Waals surface area contributed by atoms with Crippen LogP contribution in [0.25, 0.3) is 11.2 Å². The van der Waals surface area contributed by atoms with E-state index in [1.165, 1.54) is 11.8 Å². The predicted octanol–water partition coefficient (Wildman–Crippen LogP) is -1.05. The van der Waals surface area contributed by atoms with Gasteiger partial charge in [-0.15, -0.1) is 11.8 Å². The Kier molecular flexibility index (Phi) is 7.68. The second-order valence-electron chi connectivity index (χ2n) is 9.27. The van der Waals surface area contributed by atoms with E-state index < -0.39 is 41.8 Å². The van der Waals surface area contributed by atoms with Gasteiger partial charge in [0.15, 0.2) is 5.13 Å². The van der Waals surface area contributed by atoms with E-state index in [4.69, 9.17) is 5.73 Å². The molecule has 2 atom stereocenters. The number of aliphatic carboxylic acids is 1. The summed E-state index contributed by atoms with van der Waals surface area (Å²) < 4.78 is 20.2. The summed E-state index contributed by atoms with van der Waals surface area (Å²) in [6.07, 6.45) is 5.18. The van der Waals surface area contributed by atoms with Crippen molar-refractivity contribution in [3.63, 3.8) is 0 Å². The van der Waals surface area contributed by atoms with Gasteiger partial charge in [-0.3, -0.25) is 24.0 Å². The molecule has 43 heavy (non-hydrogen) atoms. The number of amides is 2. The lowest BCUT2D eigenvalue weighted by Crippen LogP contribution is -2.71. The largest absolute Gasteiger partial charge is 0.543 e. The number of thioether (sulfide) groups is 1. The fourth-order valence-electron chi connectivity index (χ4n) is 4.81. The highest BCUT2D eigenvalue weighted by Gasteiger charge is 2.53. The number of rotatable bonds is 10. The van der Waals surface area contributed by atoms with Gasteiger partial charge in [0.2, 0.25) is 17.9 Å². The minimum absolute atomic E-state index is 0.0364. The summed E-state index contributed by atoms with van der Waals surface area (Å²) in [7, 11) is 0. The number of aromatic nitrogens is 6. The van der Waals surface area contributed by atoms with Gasteiger partial charge in [-0.25, -0.2) is 8.96 Å². The zero-order valence-corrected chi connectivity index (χ0v) is 23.6. The normalized spacial score (nSPS) is 18.4. The molecule has 0 aromatic carbocycles. The van der Waals surface area contributed by atoms with E-state index in [0.29, 0.717) is 17.8 Å². The van der Waals surface area contributed by atoms with Crippen molar-refractivity contribution in [1.29, 1.82) is 0 Å². The average Bonchev–Trinajstić information content (AvgIpc) is 3.62. The highest BCUT2D eigenvalue weighted by atomic mass is 32.2. The Morgan fingerprint density at radius 2 is 2.14 bits per heavy atom. The number of oxime groups is 1. The van der Waals surface area contributed by atoms with Gasteiger partial charge in [0.25, 0.3) is 18.7 Å². The summed E-state index contributed by atoms with van der Waals surface area (Å²) >= 11 is 2.06. The Morgan fingerprint density at radius 3 is 2.86 bits per heavy atom. The Balaban J connectivity index is 1.22. The SMILES string of the molecule is Nc1nc(/C(=N\OCF)C(=O)NC2C(=O)N3C(C(=O)[O-])=C(C[n+]4cccc5c4ncn5Cc4ccccn4)CSC23)ns1. The van der Waals surface area contributed by atoms with Gasteiger partial charge in [-0.1, -0.05) is 11.2 Å². The summed E-state index contributed by atoms with van der Waals surface area (Å²) in [5, 5.41) is 17.5. The third-order valence-corrected chi connectivity index (χ3v) is 8.55. The second kappa shape index (κ2) is 11.7. The molecular weight excluding hydrogens is 603 g/mol. The summed E-state index contributed by atoms with van der Waals surface area (Å²) in [6, 6.07) is 8.28. The van der Waals surface area contributed by atoms with E-state index in [1.54, 1.807) is 23.3 Å². The van der Waals surface area contributed by atoms with Crippen molar-refractivity contribution in [2.24, 2.45) is 5.16 Å². The molecule has 2 aliphatic heterocycles. The fourth-order valence-corrected chi connectivity index (χ4v) is 6.58. The van der Waals surface area contributed by atoms with Crippen molar-refractivity contribution < 1.29 is 33.3 Å². The van der Waals surface area contributed by atoms with Crippen LogP contribution >= 0.6 is 23.3 Å². The van der Waals surface area contributed by atoms with E-state index in [-0.39, 0.29) is 29.0 Å². The summed E-state index contributed by atoms with van der Waals surface area (Å²) in [5.74, 6) is -3.08. The number of anilines is 1. The van der Waals surface area contributed by atoms with Gasteiger partial charge in [0.05, 0.1) is 30.1 Å². The number of fused-ring (bicyclic) bond motifs is 2. The number of nitrogens with one attached hydrogen (secondary N) is 1. The quantitative estimate of drug-likeness (QED) is 0.0945. The van der Waals surface area contributed by atoms with Crippen LogP contribution in [0, 0.1) is 0 Å². The minimum Gasteiger partial charge on any atom is -0.543 e. The van der Waals surface area contributed by atoms with Crippen LogP contribution in [0.2, 0.25) is 0 Å². The molecule has 1 saturated heterocycles. The van der Waals surface area contributed by atoms with Crippen LogP contribution in [-0.2, 0) is 32.3 Å². The molecule has 0 spiro atoms. The number of carbonyl (C=O) groups is 3. The molecule has 0 bridgehead atoms. The first-order chi connectivity index (χ1) is 20.9. The third kappa shape index (κ3) is 5.37. The van der Waals surface area contributed by atoms with Gasteiger partial charge in [-0.05, 0) is 29.2 Å². The molecule has 15 nitrogen and oxygen atoms in total. The third-order valence-electron chi connectivity index (χ3n) is 6.67. The Bertz CT molecular complexity index is 1790. The molecule has 2 unspecified atom stereocenters. The van der Waals surface area contributed by atoms with Crippen LogP contribution in [0.15, 0.2) is 65.5 Å². The van der Waals surface area contributed by atoms with Gasteiger partial charge in [0.1, 0.15) is 23.5 Å². The van der Waals surface area contributed by atoms with E-state index in [0.717, 1.165) is 27.6 Å². The maximum Gasteiger partial charge on any atom is 0.349 e. The van der Waals surface area contributed by atoms with Crippen LogP contribution in [-0.4, -0.2) is 76.3 Å². The summed E-state index contributed by atoms with van der Waals surface area (Å²) in [4.78, 5) is 56.6. The van der Waals surface area contributed by atoms with Crippen molar-refractivity contribution in [2.75, 3.05) is 18.3 Å². The van der Waals surface area contributed by atoms with Crippen LogP contribution < -0.4 is 20.7 Å². The first-order valence-corrected chi connectivity index (χ1v) is 14.5. The predicted molar refractivity (Wildman–Crippen MR) is 148 cm³/mol. The fraction of sp³-hybridized carbons (Fsp3) is 0.240. The van der Waals surface area contributed by atoms with E-state index in [9.17, 15) is 23.9 Å². The molecule has 4 aromatic heterocycles. The van der Waals surface area contributed by atoms with Crippen molar-refractivity contribution >= 4 is 63.1 Å². The number of β-lactam (4-membered cyclic amide) rings is 1. The number of carboxylic acid groups (broad SMARTS) is 1. The molecule has 0 radical (unpaired) electrons. The van der Waals surface area contributed by atoms with Crippen LogP contribution in [0.5, 0.6) is 0 Å². The molecular formula is C25H21FN10O5S2. The van der Waals surface area contributed by atoms with Gasteiger partial charge >= 0.3 is 5.65 Å². The van der Waals surface area contributed by atoms with Gasteiger partial charge < -0.3 is 25.8 Å². The first kappa shape index (κ1) is 28.2. The topological polar surface area (TPSA) is 198 Å². The molecule has 0 saturated carbocycles. The van der Waals surface area contributed by atoms with E-state index >= 15 is 0 Å². The van der Waals surface area contributed by atoms with Crippen molar-refractivity contribution in [3.05, 3.63) is 71.8 Å². The van der Waals surface area contributed by atoms with Gasteiger partial charge in [-0.2, -0.15) is 9.36 Å². The number of hydrogen-bond acceptors (Lipinski definition) is 13. The van der Waals surface area contributed by atoms with Crippen molar-refractivity contribution in [3.8, 4) is 0 Å². The molecule has 1 fully saturated rings. The zero-order valence-electron chi connectivity index (χ0n) is 22.0. The first-order valence-electron chi connectivity index (χ1n) is 12.6. The Hall–Kier alpha value is -4.97. The monoisotopic (exact) mass is 624 g/mol. The number of carbonyl (C=O) groups excluding carboxylic acids is 3. The molecule has 2 amide bonds. The number of alkyl halides is 1. The molecule has 18 heteroatoms. The Labute approximate surface area is 250 Å². The number of nitrogens with two attached hydrogens (primary N) is 1. The number of halogens is 1. The number of imidazole rings is 1. The molecule has 6 rings (SSSR count). The number of pyridine rings is 2. The summed E-state index contributed by atoms with van der Waals surface area (Å²) in [5.41, 5.74) is 7.56. The maximum atomic E-state index is 13.2. The number of carboxylic acids is 1. The van der Waals surface area contributed by atoms with Crippen LogP contribution in [0.4, 0.5) is 9.52 Å². The number of nitrogens with zero attached hydrogens (tertiary/aromatic N) is 8. The van der Waals surface area contributed by atoms with E-state index in [1.807, 2.05) is 34.9 Å². The minimum atomic E-state index is -1.52. The average molecular weight is 625 g/mol. The molecule has 6 heterocycles. The van der Waals surface area contributed by atoms with E-state index in [2.05, 4.69) is 34.6 Å². The van der Waals surface area contributed by atoms with Gasteiger partial charge in [0, 0.05) is 29.1 Å².